The third-order valence-electron chi connectivity index (χ3n) is 6.80. The van der Waals surface area contributed by atoms with Gasteiger partial charge in [-0.3, -0.25) is 9.59 Å². The van der Waals surface area contributed by atoms with Gasteiger partial charge in [-0.15, -0.1) is 0 Å². The number of carbonyl (C=O) groups excluding carboxylic acids is 2. The molecule has 0 fully saturated rings. The molecule has 1 amide bonds. The molecular weight excluding hydrogens is 562 g/mol. The molecule has 0 spiro atoms. The number of amides is 1. The molecule has 0 radical (unpaired) electrons. The van der Waals surface area contributed by atoms with E-state index in [2.05, 4.69) is 27.3 Å². The summed E-state index contributed by atoms with van der Waals surface area (Å²) in [6.07, 6.45) is 0.881. The van der Waals surface area contributed by atoms with E-state index in [4.69, 9.17) is 19.9 Å². The number of anilines is 1. The van der Waals surface area contributed by atoms with Crippen LogP contribution in [-0.2, 0) is 14.3 Å². The van der Waals surface area contributed by atoms with E-state index in [1.54, 1.807) is 18.2 Å². The molecule has 8 nitrogen and oxygen atoms in total. The zero-order chi connectivity index (χ0) is 28.5. The van der Waals surface area contributed by atoms with Gasteiger partial charge in [0, 0.05) is 28.6 Å². The Bertz CT molecular complexity index is 1430. The van der Waals surface area contributed by atoms with E-state index in [1.165, 1.54) is 0 Å². The summed E-state index contributed by atoms with van der Waals surface area (Å²) < 4.78 is 18.4. The van der Waals surface area contributed by atoms with E-state index in [9.17, 15) is 14.9 Å². The number of hydrogen-bond acceptors (Lipinski definition) is 7. The van der Waals surface area contributed by atoms with Crippen molar-refractivity contribution in [2.24, 2.45) is 11.1 Å². The van der Waals surface area contributed by atoms with E-state index < -0.39 is 5.92 Å². The Labute approximate surface area is 236 Å². The number of nitrogens with two attached hydrogens (primary N) is 1. The molecule has 1 aliphatic carbocycles. The van der Waals surface area contributed by atoms with Crippen molar-refractivity contribution in [1.82, 2.24) is 0 Å². The zero-order valence-corrected chi connectivity index (χ0v) is 24.3. The summed E-state index contributed by atoms with van der Waals surface area (Å²) in [5.41, 5.74) is 9.76. The van der Waals surface area contributed by atoms with Gasteiger partial charge in [-0.1, -0.05) is 35.8 Å². The lowest BCUT2D eigenvalue weighted by atomic mass is 9.70. The Morgan fingerprint density at radius 3 is 2.51 bits per heavy atom. The highest BCUT2D eigenvalue weighted by molar-refractivity contribution is 9.10. The normalized spacial score (nSPS) is 18.2. The second-order valence-electron chi connectivity index (χ2n) is 10.6. The number of carbonyl (C=O) groups is 2. The van der Waals surface area contributed by atoms with Crippen LogP contribution in [0.1, 0.15) is 56.2 Å². The number of allylic oxidation sites excluding steroid dienone is 3. The minimum Gasteiger partial charge on any atom is -0.490 e. The lowest BCUT2D eigenvalue weighted by Crippen LogP contribution is -2.33. The largest absolute Gasteiger partial charge is 0.490 e. The van der Waals surface area contributed by atoms with Gasteiger partial charge < -0.3 is 25.3 Å². The molecule has 3 N–H and O–H groups in total. The monoisotopic (exact) mass is 593 g/mol. The fourth-order valence-electron chi connectivity index (χ4n) is 5.14. The van der Waals surface area contributed by atoms with Crippen LogP contribution in [0.2, 0.25) is 0 Å². The number of rotatable bonds is 7. The van der Waals surface area contributed by atoms with Crippen molar-refractivity contribution in [3.63, 3.8) is 0 Å². The van der Waals surface area contributed by atoms with Gasteiger partial charge in [0.05, 0.1) is 12.5 Å². The first-order chi connectivity index (χ1) is 18.4. The highest BCUT2D eigenvalue weighted by atomic mass is 79.9. The molecule has 39 heavy (non-hydrogen) atoms. The third-order valence-corrected chi connectivity index (χ3v) is 7.25. The molecular formula is C30H32BrN3O5. The summed E-state index contributed by atoms with van der Waals surface area (Å²) in [5.74, 6) is 0.209. The van der Waals surface area contributed by atoms with Gasteiger partial charge >= 0.3 is 0 Å². The number of ether oxygens (including phenoxy) is 3. The summed E-state index contributed by atoms with van der Waals surface area (Å²) in [6.45, 7) is 9.80. The number of Topliss-reactive ketones (excluding diaryl/α,β-unsaturated/α-hetero) is 1. The number of nitrogens with one attached hydrogen (secondary N) is 1. The van der Waals surface area contributed by atoms with E-state index in [0.717, 1.165) is 21.3 Å². The maximum Gasteiger partial charge on any atom is 0.262 e. The zero-order valence-electron chi connectivity index (χ0n) is 22.7. The summed E-state index contributed by atoms with van der Waals surface area (Å²) in [6, 6.07) is 11.2. The summed E-state index contributed by atoms with van der Waals surface area (Å²) in [5, 5.41) is 12.8. The fourth-order valence-corrected chi connectivity index (χ4v) is 5.82. The van der Waals surface area contributed by atoms with Gasteiger partial charge in [-0.05, 0) is 67.1 Å². The summed E-state index contributed by atoms with van der Waals surface area (Å²) >= 11 is 3.46. The lowest BCUT2D eigenvalue weighted by molar-refractivity contribution is -0.119. The van der Waals surface area contributed by atoms with Crippen LogP contribution in [-0.4, -0.2) is 24.9 Å². The van der Waals surface area contributed by atoms with Gasteiger partial charge in [0.1, 0.15) is 17.4 Å². The average molecular weight is 595 g/mol. The molecule has 1 aliphatic heterocycles. The highest BCUT2D eigenvalue weighted by Crippen LogP contribution is 2.48. The van der Waals surface area contributed by atoms with Crippen LogP contribution in [0, 0.1) is 30.6 Å². The van der Waals surface area contributed by atoms with E-state index in [0.29, 0.717) is 47.8 Å². The fraction of sp³-hybridized carbons (Fsp3) is 0.367. The van der Waals surface area contributed by atoms with Crippen molar-refractivity contribution >= 4 is 33.3 Å². The van der Waals surface area contributed by atoms with E-state index in [-0.39, 0.29) is 35.2 Å². The van der Waals surface area contributed by atoms with Crippen molar-refractivity contribution in [2.45, 2.75) is 53.4 Å². The standard InChI is InChI=1S/C30H32BrN3O5/c1-6-37-23-11-18(26-20(14-32)29(33)39-24-13-30(4,5)12-21(35)27(24)26)7-8-22(23)38-15-25(36)34-28-16(2)9-19(31)10-17(28)3/h7-11,26H,6,12-13,15,33H2,1-5H3,(H,34,36). The van der Waals surface area contributed by atoms with Gasteiger partial charge in [-0.2, -0.15) is 5.26 Å². The Morgan fingerprint density at radius 2 is 1.87 bits per heavy atom. The molecule has 1 atom stereocenters. The molecule has 0 aromatic heterocycles. The van der Waals surface area contributed by atoms with Crippen LogP contribution in [0.15, 0.2) is 57.6 Å². The average Bonchev–Trinajstić information content (AvgIpc) is 2.84. The molecule has 1 heterocycles. The van der Waals surface area contributed by atoms with Crippen LogP contribution < -0.4 is 20.5 Å². The minimum atomic E-state index is -0.678. The molecule has 4 rings (SSSR count). The highest BCUT2D eigenvalue weighted by Gasteiger charge is 2.43. The number of ketones is 1. The minimum absolute atomic E-state index is 0.000219. The van der Waals surface area contributed by atoms with Crippen LogP contribution in [0.4, 0.5) is 5.69 Å². The van der Waals surface area contributed by atoms with Crippen molar-refractivity contribution < 1.29 is 23.8 Å². The SMILES string of the molecule is CCOc1cc(C2C(C#N)=C(N)OC3=C2C(=O)CC(C)(C)C3)ccc1OCC(=O)Nc1c(C)cc(Br)cc1C. The molecule has 2 aromatic rings. The maximum atomic E-state index is 13.3. The summed E-state index contributed by atoms with van der Waals surface area (Å²) in [7, 11) is 0. The first-order valence-electron chi connectivity index (χ1n) is 12.7. The quantitative estimate of drug-likeness (QED) is 0.407. The van der Waals surface area contributed by atoms with E-state index in [1.807, 2.05) is 46.8 Å². The Hall–Kier alpha value is -3.77. The van der Waals surface area contributed by atoms with Crippen LogP contribution >= 0.6 is 15.9 Å². The van der Waals surface area contributed by atoms with Gasteiger partial charge in [0.15, 0.2) is 23.9 Å². The number of halogens is 1. The molecule has 2 aliphatic rings. The molecule has 204 valence electrons. The van der Waals surface area contributed by atoms with Crippen molar-refractivity contribution in [3.05, 3.63) is 74.3 Å². The molecule has 0 bridgehead atoms. The van der Waals surface area contributed by atoms with Crippen LogP contribution in [0.5, 0.6) is 11.5 Å². The molecule has 1 unspecified atom stereocenters. The molecule has 0 saturated carbocycles. The Morgan fingerprint density at radius 1 is 1.18 bits per heavy atom. The molecule has 2 aromatic carbocycles. The molecule has 0 saturated heterocycles. The smallest absolute Gasteiger partial charge is 0.262 e. The number of nitrogens with zero attached hydrogens (tertiary/aromatic N) is 1. The predicted molar refractivity (Wildman–Crippen MR) is 151 cm³/mol. The number of hydrogen-bond donors (Lipinski definition) is 2. The van der Waals surface area contributed by atoms with E-state index >= 15 is 0 Å². The first-order valence-corrected chi connectivity index (χ1v) is 13.5. The Balaban J connectivity index is 1.62. The number of aryl methyl sites for hydroxylation is 2. The van der Waals surface area contributed by atoms with Crippen molar-refractivity contribution in [1.29, 1.82) is 5.26 Å². The number of nitriles is 1. The second kappa shape index (κ2) is 11.1. The number of benzene rings is 2. The predicted octanol–water partition coefficient (Wildman–Crippen LogP) is 5.93. The third kappa shape index (κ3) is 5.96. The lowest BCUT2D eigenvalue weighted by Gasteiger charge is -2.37. The molecule has 9 heteroatoms. The van der Waals surface area contributed by atoms with Crippen LogP contribution in [0.25, 0.3) is 0 Å². The maximum absolute atomic E-state index is 13.3. The van der Waals surface area contributed by atoms with Gasteiger partial charge in [0.25, 0.3) is 5.91 Å². The van der Waals surface area contributed by atoms with Crippen LogP contribution in [0.3, 0.4) is 0 Å². The topological polar surface area (TPSA) is 124 Å². The second-order valence-corrected chi connectivity index (χ2v) is 11.5. The summed E-state index contributed by atoms with van der Waals surface area (Å²) in [4.78, 5) is 26.0. The van der Waals surface area contributed by atoms with Gasteiger partial charge in [0.2, 0.25) is 5.88 Å². The van der Waals surface area contributed by atoms with Crippen molar-refractivity contribution in [3.8, 4) is 17.6 Å². The van der Waals surface area contributed by atoms with Gasteiger partial charge in [-0.25, -0.2) is 0 Å². The first kappa shape index (κ1) is 28.2. The van der Waals surface area contributed by atoms with Crippen molar-refractivity contribution in [2.75, 3.05) is 18.5 Å². The Kier molecular flexibility index (Phi) is 8.07.